The van der Waals surface area contributed by atoms with E-state index in [1.165, 1.54) is 25.3 Å². The predicted octanol–water partition coefficient (Wildman–Crippen LogP) is 4.71. The lowest BCUT2D eigenvalue weighted by Crippen LogP contribution is -2.62. The molecule has 0 bridgehead atoms. The average Bonchev–Trinajstić information content (AvgIpc) is 3.21. The molecular formula is C26H40F2N2O2. The maximum Gasteiger partial charge on any atom is 0.227 e. The Balaban J connectivity index is 1.50. The first-order valence-electron chi connectivity index (χ1n) is 12.7. The quantitative estimate of drug-likeness (QED) is 0.675. The molecule has 2 saturated heterocycles. The summed E-state index contributed by atoms with van der Waals surface area (Å²) in [7, 11) is 0. The van der Waals surface area contributed by atoms with Crippen LogP contribution in [0, 0.1) is 35.5 Å². The zero-order valence-corrected chi connectivity index (χ0v) is 19.9. The van der Waals surface area contributed by atoms with Crippen molar-refractivity contribution in [2.75, 3.05) is 32.7 Å². The van der Waals surface area contributed by atoms with Crippen LogP contribution in [0.5, 0.6) is 0 Å². The number of hydrogen-bond acceptors (Lipinski definition) is 3. The maximum absolute atomic E-state index is 14.7. The van der Waals surface area contributed by atoms with Crippen molar-refractivity contribution in [1.82, 2.24) is 9.80 Å². The third-order valence-electron chi connectivity index (χ3n) is 9.06. The summed E-state index contributed by atoms with van der Waals surface area (Å²) >= 11 is 0. The average molecular weight is 451 g/mol. The van der Waals surface area contributed by atoms with Gasteiger partial charge in [-0.25, -0.2) is 8.78 Å². The van der Waals surface area contributed by atoms with E-state index in [9.17, 15) is 18.7 Å². The lowest BCUT2D eigenvalue weighted by atomic mass is 9.63. The van der Waals surface area contributed by atoms with E-state index < -0.39 is 23.2 Å². The zero-order chi connectivity index (χ0) is 23.0. The maximum atomic E-state index is 14.7. The van der Waals surface area contributed by atoms with E-state index in [1.54, 1.807) is 0 Å². The number of aliphatic hydroxyl groups is 1. The Morgan fingerprint density at radius 2 is 1.75 bits per heavy atom. The van der Waals surface area contributed by atoms with Gasteiger partial charge >= 0.3 is 0 Å². The Labute approximate surface area is 191 Å². The van der Waals surface area contributed by atoms with Gasteiger partial charge in [0, 0.05) is 50.0 Å². The summed E-state index contributed by atoms with van der Waals surface area (Å²) < 4.78 is 28.2. The number of hydrogen-bond donors (Lipinski definition) is 1. The number of carbonyl (C=O) groups excluding carboxylic acids is 1. The molecule has 0 aromatic carbocycles. The van der Waals surface area contributed by atoms with Crippen molar-refractivity contribution in [2.45, 2.75) is 64.9 Å². The van der Waals surface area contributed by atoms with Gasteiger partial charge in [0.1, 0.15) is 11.7 Å². The van der Waals surface area contributed by atoms with Gasteiger partial charge in [0.2, 0.25) is 5.91 Å². The summed E-state index contributed by atoms with van der Waals surface area (Å²) in [5, 5.41) is 11.7. The van der Waals surface area contributed by atoms with Gasteiger partial charge in [-0.2, -0.15) is 0 Å². The lowest BCUT2D eigenvalue weighted by Gasteiger charge is -2.53. The number of carbonyl (C=O) groups is 1. The predicted molar refractivity (Wildman–Crippen MR) is 122 cm³/mol. The molecule has 1 saturated carbocycles. The number of halogens is 2. The van der Waals surface area contributed by atoms with Crippen LogP contribution in [0.3, 0.4) is 0 Å². The molecule has 0 spiro atoms. The van der Waals surface area contributed by atoms with Crippen molar-refractivity contribution in [3.8, 4) is 0 Å². The van der Waals surface area contributed by atoms with Crippen LogP contribution in [0.25, 0.3) is 0 Å². The number of allylic oxidation sites excluding steroid dienone is 4. The highest BCUT2D eigenvalue weighted by molar-refractivity contribution is 5.80. The minimum absolute atomic E-state index is 0.0174. The van der Waals surface area contributed by atoms with E-state index in [-0.39, 0.29) is 29.6 Å². The van der Waals surface area contributed by atoms with Crippen LogP contribution in [-0.2, 0) is 4.79 Å². The van der Waals surface area contributed by atoms with Crippen molar-refractivity contribution in [3.05, 3.63) is 23.8 Å². The van der Waals surface area contributed by atoms with Gasteiger partial charge < -0.3 is 14.9 Å². The minimum Gasteiger partial charge on any atom is -0.389 e. The Bertz CT molecular complexity index is 749. The first-order valence-corrected chi connectivity index (χ1v) is 12.7. The van der Waals surface area contributed by atoms with Gasteiger partial charge in [-0.05, 0) is 43.7 Å². The third kappa shape index (κ3) is 4.29. The van der Waals surface area contributed by atoms with Crippen LogP contribution in [0.1, 0.15) is 59.3 Å². The highest BCUT2D eigenvalue weighted by Gasteiger charge is 2.52. The highest BCUT2D eigenvalue weighted by Crippen LogP contribution is 2.46. The van der Waals surface area contributed by atoms with Crippen LogP contribution < -0.4 is 0 Å². The molecule has 180 valence electrons. The largest absolute Gasteiger partial charge is 0.389 e. The van der Waals surface area contributed by atoms with Crippen molar-refractivity contribution in [3.63, 3.8) is 0 Å². The molecule has 6 heteroatoms. The Morgan fingerprint density at radius 1 is 1.09 bits per heavy atom. The molecule has 1 N–H and O–H groups in total. The third-order valence-corrected chi connectivity index (χ3v) is 9.06. The number of amides is 1. The molecule has 2 heterocycles. The molecule has 6 atom stereocenters. The molecule has 4 rings (SSSR count). The highest BCUT2D eigenvalue weighted by atomic mass is 19.1. The van der Waals surface area contributed by atoms with Crippen molar-refractivity contribution < 1.29 is 18.7 Å². The van der Waals surface area contributed by atoms with Crippen molar-refractivity contribution in [1.29, 1.82) is 0 Å². The Morgan fingerprint density at radius 3 is 2.34 bits per heavy atom. The summed E-state index contributed by atoms with van der Waals surface area (Å²) in [6.07, 6.45) is 8.51. The molecule has 0 aromatic rings. The van der Waals surface area contributed by atoms with Crippen LogP contribution in [0.4, 0.5) is 8.78 Å². The van der Waals surface area contributed by atoms with Gasteiger partial charge in [-0.3, -0.25) is 4.79 Å². The standard InChI is InChI=1S/C26H40F2N2O2/c1-4-29-15-22(21-11-10-20(27)12-24(21)28)23(16-29)25(31)30-13-17(2)26(32,18(3)14-30)19-8-6-5-7-9-19/h10,12,17-19,21-23,32H,4-9,11,13-16H2,1-3H3/t17-,18+,21?,22-,23+,26?/m0/s1. The molecule has 32 heavy (non-hydrogen) atoms. The molecule has 2 unspecified atom stereocenters. The van der Waals surface area contributed by atoms with E-state index in [1.807, 2.05) is 4.90 Å². The molecular weight excluding hydrogens is 410 g/mol. The number of likely N-dealkylation sites (tertiary alicyclic amines) is 2. The molecule has 0 aromatic heterocycles. The second kappa shape index (κ2) is 9.54. The summed E-state index contributed by atoms with van der Waals surface area (Å²) in [5.41, 5.74) is -0.720. The van der Waals surface area contributed by atoms with E-state index >= 15 is 0 Å². The van der Waals surface area contributed by atoms with Crippen LogP contribution in [0.2, 0.25) is 0 Å². The fraction of sp³-hybridized carbons (Fsp3) is 0.808. The molecule has 2 aliphatic carbocycles. The number of rotatable bonds is 4. The van der Waals surface area contributed by atoms with Crippen LogP contribution >= 0.6 is 0 Å². The molecule has 3 fully saturated rings. The van der Waals surface area contributed by atoms with E-state index in [0.717, 1.165) is 25.5 Å². The molecule has 0 radical (unpaired) electrons. The van der Waals surface area contributed by atoms with Gasteiger partial charge in [0.25, 0.3) is 0 Å². The number of nitrogens with zero attached hydrogens (tertiary/aromatic N) is 2. The van der Waals surface area contributed by atoms with Gasteiger partial charge in [0.15, 0.2) is 0 Å². The fourth-order valence-corrected chi connectivity index (χ4v) is 7.17. The minimum atomic E-state index is -0.720. The van der Waals surface area contributed by atoms with Crippen LogP contribution in [-0.4, -0.2) is 59.1 Å². The van der Waals surface area contributed by atoms with Gasteiger partial charge in [-0.15, -0.1) is 0 Å². The fourth-order valence-electron chi connectivity index (χ4n) is 7.17. The molecule has 4 aliphatic rings. The summed E-state index contributed by atoms with van der Waals surface area (Å²) in [5.74, 6) is -1.38. The normalized spacial score (nSPS) is 39.7. The topological polar surface area (TPSA) is 43.8 Å². The molecule has 4 nitrogen and oxygen atoms in total. The molecule has 1 amide bonds. The first-order chi connectivity index (χ1) is 15.3. The van der Waals surface area contributed by atoms with E-state index in [0.29, 0.717) is 38.5 Å². The van der Waals surface area contributed by atoms with Crippen molar-refractivity contribution in [2.24, 2.45) is 35.5 Å². The summed E-state index contributed by atoms with van der Waals surface area (Å²) in [6.45, 7) is 9.47. The second-order valence-corrected chi connectivity index (χ2v) is 10.9. The van der Waals surface area contributed by atoms with Crippen molar-refractivity contribution >= 4 is 5.91 Å². The lowest BCUT2D eigenvalue weighted by molar-refractivity contribution is -0.167. The summed E-state index contributed by atoms with van der Waals surface area (Å²) in [4.78, 5) is 17.9. The van der Waals surface area contributed by atoms with Gasteiger partial charge in [0.05, 0.1) is 11.5 Å². The summed E-state index contributed by atoms with van der Waals surface area (Å²) in [6, 6.07) is 0. The SMILES string of the molecule is CCN1C[C@@H](C(=O)N2C[C@@H](C)C(O)(C3CCCCC3)[C@@H](C)C2)[C@H](C2CC=C(F)C=C2F)C1. The van der Waals surface area contributed by atoms with Gasteiger partial charge in [-0.1, -0.05) is 40.0 Å². The van der Waals surface area contributed by atoms with E-state index in [4.69, 9.17) is 0 Å². The second-order valence-electron chi connectivity index (χ2n) is 10.9. The number of piperidine rings is 1. The zero-order valence-electron chi connectivity index (χ0n) is 19.9. The smallest absolute Gasteiger partial charge is 0.227 e. The molecule has 2 aliphatic heterocycles. The monoisotopic (exact) mass is 450 g/mol. The van der Waals surface area contributed by atoms with Crippen LogP contribution in [0.15, 0.2) is 23.8 Å². The Kier molecular flexibility index (Phi) is 7.11. The van der Waals surface area contributed by atoms with E-state index in [2.05, 4.69) is 25.7 Å². The Hall–Kier alpha value is -1.27. The first kappa shape index (κ1) is 23.9.